The Morgan fingerprint density at radius 2 is 1.86 bits per heavy atom. The molecule has 41 valence electrons. The first-order valence-corrected chi connectivity index (χ1v) is 2.01. The molecule has 0 bridgehead atoms. The Balaban J connectivity index is 2.36. The molecule has 0 spiro atoms. The van der Waals surface area contributed by atoms with Crippen molar-refractivity contribution in [3.63, 3.8) is 0 Å². The fraction of sp³-hybridized carbons (Fsp3) is 0.750. The van der Waals surface area contributed by atoms with Gasteiger partial charge in [-0.3, -0.25) is 0 Å². The highest BCUT2D eigenvalue weighted by atomic mass is 19.4. The Bertz CT molecular complexity index is 69.5. The molecule has 7 heavy (non-hydrogen) atoms. The lowest BCUT2D eigenvalue weighted by Gasteiger charge is -1.99. The predicted molar refractivity (Wildman–Crippen MR) is 18.5 cm³/mol. The van der Waals surface area contributed by atoms with Crippen molar-refractivity contribution in [1.82, 2.24) is 0 Å². The first-order valence-electron chi connectivity index (χ1n) is 2.01. The summed E-state index contributed by atoms with van der Waals surface area (Å²) in [5.74, 6) is -1.08. The molecule has 1 fully saturated rings. The average molecular weight is 109 g/mol. The van der Waals surface area contributed by atoms with Gasteiger partial charge in [0.05, 0.1) is 5.92 Å². The Morgan fingerprint density at radius 3 is 1.86 bits per heavy atom. The van der Waals surface area contributed by atoms with Crippen LogP contribution in [0.3, 0.4) is 0 Å². The summed E-state index contributed by atoms with van der Waals surface area (Å²) in [6.07, 6.45) is -2.47. The van der Waals surface area contributed by atoms with E-state index in [9.17, 15) is 13.2 Å². The average Bonchev–Trinajstić information content (AvgIpc) is 1.99. The minimum atomic E-state index is -3.94. The van der Waals surface area contributed by atoms with Gasteiger partial charge >= 0.3 is 6.18 Å². The van der Waals surface area contributed by atoms with Gasteiger partial charge in [-0.1, -0.05) is 0 Å². The van der Waals surface area contributed by atoms with E-state index in [1.165, 1.54) is 6.42 Å². The lowest BCUT2D eigenvalue weighted by molar-refractivity contribution is -0.144. The molecule has 3 heteroatoms. The molecule has 1 aliphatic rings. The molecule has 0 aliphatic heterocycles. The Kier molecular flexibility index (Phi) is 0.805. The largest absolute Gasteiger partial charge is 0.392 e. The van der Waals surface area contributed by atoms with Gasteiger partial charge in [0.25, 0.3) is 0 Å². The van der Waals surface area contributed by atoms with Crippen LogP contribution in [0.1, 0.15) is 6.42 Å². The zero-order valence-corrected chi connectivity index (χ0v) is 3.50. The van der Waals surface area contributed by atoms with Gasteiger partial charge < -0.3 is 0 Å². The van der Waals surface area contributed by atoms with Gasteiger partial charge in [0.2, 0.25) is 0 Å². The van der Waals surface area contributed by atoms with E-state index in [0.717, 1.165) is 0 Å². The highest BCUT2D eigenvalue weighted by molar-refractivity contribution is 4.99. The summed E-state index contributed by atoms with van der Waals surface area (Å²) >= 11 is 0. The van der Waals surface area contributed by atoms with E-state index < -0.39 is 12.1 Å². The zero-order valence-electron chi connectivity index (χ0n) is 3.50. The molecular weight excluding hydrogens is 105 g/mol. The Labute approximate surface area is 39.3 Å². The van der Waals surface area contributed by atoms with Crippen LogP contribution < -0.4 is 0 Å². The van der Waals surface area contributed by atoms with Gasteiger partial charge in [0.15, 0.2) is 0 Å². The van der Waals surface area contributed by atoms with Crippen LogP contribution in [0.5, 0.6) is 0 Å². The second-order valence-electron chi connectivity index (χ2n) is 1.62. The second-order valence-corrected chi connectivity index (χ2v) is 1.62. The maximum Gasteiger partial charge on any atom is 0.392 e. The van der Waals surface area contributed by atoms with Crippen molar-refractivity contribution < 1.29 is 13.2 Å². The Morgan fingerprint density at radius 1 is 1.43 bits per heavy atom. The van der Waals surface area contributed by atoms with Crippen LogP contribution in [0.4, 0.5) is 13.2 Å². The normalized spacial score (nSPS) is 22.7. The lowest BCUT2D eigenvalue weighted by Crippen LogP contribution is -2.09. The van der Waals surface area contributed by atoms with Crippen LogP contribution in [-0.2, 0) is 0 Å². The third kappa shape index (κ3) is 1.08. The second kappa shape index (κ2) is 1.14. The van der Waals surface area contributed by atoms with E-state index in [1.54, 1.807) is 0 Å². The molecule has 0 aromatic rings. The van der Waals surface area contributed by atoms with Gasteiger partial charge in [-0.25, -0.2) is 0 Å². The molecule has 1 aliphatic carbocycles. The fourth-order valence-electron chi connectivity index (χ4n) is 0.335. The summed E-state index contributed by atoms with van der Waals surface area (Å²) in [7, 11) is 0. The maximum absolute atomic E-state index is 11.2. The minimum absolute atomic E-state index is 0.226. The van der Waals surface area contributed by atoms with Crippen molar-refractivity contribution in [2.45, 2.75) is 12.6 Å². The van der Waals surface area contributed by atoms with Gasteiger partial charge in [0.1, 0.15) is 0 Å². The first-order chi connectivity index (χ1) is 3.11. The first kappa shape index (κ1) is 4.94. The van der Waals surface area contributed by atoms with Gasteiger partial charge in [-0.05, 0) is 12.8 Å². The molecule has 1 atom stereocenters. The van der Waals surface area contributed by atoms with Crippen LogP contribution in [0.15, 0.2) is 0 Å². The molecule has 1 saturated carbocycles. The van der Waals surface area contributed by atoms with Crippen molar-refractivity contribution in [1.29, 1.82) is 0 Å². The van der Waals surface area contributed by atoms with Gasteiger partial charge in [-0.15, -0.1) is 0 Å². The van der Waals surface area contributed by atoms with Crippen molar-refractivity contribution >= 4 is 0 Å². The molecular formula is C4H4F3. The number of alkyl halides is 3. The number of hydrogen-bond acceptors (Lipinski definition) is 0. The van der Waals surface area contributed by atoms with Crippen LogP contribution in [0, 0.1) is 12.3 Å². The molecule has 0 aromatic carbocycles. The summed E-state index contributed by atoms with van der Waals surface area (Å²) in [5.41, 5.74) is 0. The van der Waals surface area contributed by atoms with E-state index in [-0.39, 0.29) is 6.42 Å². The molecule has 0 saturated heterocycles. The van der Waals surface area contributed by atoms with E-state index in [1.807, 2.05) is 0 Å². The number of hydrogen-bond donors (Lipinski definition) is 0. The molecule has 0 aromatic heterocycles. The molecule has 0 N–H and O–H groups in total. The quantitative estimate of drug-likeness (QED) is 0.444. The topological polar surface area (TPSA) is 0 Å². The zero-order chi connectivity index (χ0) is 5.49. The van der Waals surface area contributed by atoms with Crippen LogP contribution in [0.2, 0.25) is 0 Å². The predicted octanol–water partition coefficient (Wildman–Crippen LogP) is 1.77. The van der Waals surface area contributed by atoms with E-state index >= 15 is 0 Å². The molecule has 0 nitrogen and oxygen atoms in total. The smallest absolute Gasteiger partial charge is 0.171 e. The Hall–Kier alpha value is -0.210. The third-order valence-corrected chi connectivity index (χ3v) is 0.892. The lowest BCUT2D eigenvalue weighted by atomic mass is 10.4. The highest BCUT2D eigenvalue weighted by Crippen LogP contribution is 2.42. The summed E-state index contributed by atoms with van der Waals surface area (Å²) in [4.78, 5) is 0. The minimum Gasteiger partial charge on any atom is -0.171 e. The highest BCUT2D eigenvalue weighted by Gasteiger charge is 2.47. The monoisotopic (exact) mass is 109 g/mol. The number of halogens is 3. The van der Waals surface area contributed by atoms with Gasteiger partial charge in [0, 0.05) is 0 Å². The molecule has 0 amide bonds. The van der Waals surface area contributed by atoms with Gasteiger partial charge in [-0.2, -0.15) is 13.2 Å². The summed E-state index contributed by atoms with van der Waals surface area (Å²) < 4.78 is 33.6. The van der Waals surface area contributed by atoms with E-state index in [4.69, 9.17) is 0 Å². The SMILES string of the molecule is FC(F)(F)[C@@H]1[CH]C1. The molecule has 1 rings (SSSR count). The van der Waals surface area contributed by atoms with E-state index in [0.29, 0.717) is 0 Å². The molecule has 1 radical (unpaired) electrons. The standard InChI is InChI=1S/C4H4F3/c5-4(6,7)3-1-2-3/h1,3H,2H2/t3-/m1/s1. The third-order valence-electron chi connectivity index (χ3n) is 0.892. The summed E-state index contributed by atoms with van der Waals surface area (Å²) in [6.45, 7) is 0. The van der Waals surface area contributed by atoms with Crippen molar-refractivity contribution in [3.8, 4) is 0 Å². The number of rotatable bonds is 0. The van der Waals surface area contributed by atoms with Crippen molar-refractivity contribution in [3.05, 3.63) is 6.42 Å². The van der Waals surface area contributed by atoms with Crippen LogP contribution in [0.25, 0.3) is 0 Å². The van der Waals surface area contributed by atoms with E-state index in [2.05, 4.69) is 0 Å². The van der Waals surface area contributed by atoms with Crippen molar-refractivity contribution in [2.24, 2.45) is 5.92 Å². The van der Waals surface area contributed by atoms with Crippen LogP contribution in [-0.4, -0.2) is 6.18 Å². The summed E-state index contributed by atoms with van der Waals surface area (Å²) in [5, 5.41) is 0. The summed E-state index contributed by atoms with van der Waals surface area (Å²) in [6, 6.07) is 0. The maximum atomic E-state index is 11.2. The molecule has 0 heterocycles. The van der Waals surface area contributed by atoms with Crippen LogP contribution >= 0.6 is 0 Å². The fourth-order valence-corrected chi connectivity index (χ4v) is 0.335. The molecule has 0 unspecified atom stereocenters. The van der Waals surface area contributed by atoms with Crippen molar-refractivity contribution in [2.75, 3.05) is 0 Å².